The lowest BCUT2D eigenvalue weighted by atomic mass is 10.1. The van der Waals surface area contributed by atoms with Gasteiger partial charge in [0.1, 0.15) is 0 Å². The Balaban J connectivity index is 1.62. The van der Waals surface area contributed by atoms with Gasteiger partial charge in [0.15, 0.2) is 0 Å². The molecule has 2 aliphatic heterocycles. The Morgan fingerprint density at radius 1 is 1.38 bits per heavy atom. The number of amides is 1. The quantitative estimate of drug-likeness (QED) is 0.712. The van der Waals surface area contributed by atoms with Crippen LogP contribution in [0.25, 0.3) is 0 Å². The lowest BCUT2D eigenvalue weighted by Gasteiger charge is -2.36. The second-order valence-corrected chi connectivity index (χ2v) is 6.16. The molecule has 132 valence electrons. The number of ether oxygens (including phenoxy) is 3. The molecule has 24 heavy (non-hydrogen) atoms. The first-order valence-corrected chi connectivity index (χ1v) is 8.37. The number of fused-ring (bicyclic) bond motifs is 1. The summed E-state index contributed by atoms with van der Waals surface area (Å²) in [7, 11) is 3.28. The maximum Gasteiger partial charge on any atom is 0.255 e. The van der Waals surface area contributed by atoms with Crippen LogP contribution in [0.1, 0.15) is 16.8 Å². The summed E-state index contributed by atoms with van der Waals surface area (Å²) in [5, 5.41) is 0. The van der Waals surface area contributed by atoms with Crippen LogP contribution in [-0.2, 0) is 9.47 Å². The van der Waals surface area contributed by atoms with E-state index in [0.717, 1.165) is 32.7 Å². The highest BCUT2D eigenvalue weighted by atomic mass is 16.5. The molecular weight excluding hydrogens is 310 g/mol. The topological polar surface area (TPSA) is 64.1 Å². The highest BCUT2D eigenvalue weighted by molar-refractivity contribution is 5.94. The molecule has 3 heterocycles. The van der Waals surface area contributed by atoms with Crippen molar-refractivity contribution < 1.29 is 19.0 Å². The van der Waals surface area contributed by atoms with Crippen LogP contribution >= 0.6 is 0 Å². The fourth-order valence-corrected chi connectivity index (χ4v) is 3.42. The second-order valence-electron chi connectivity index (χ2n) is 6.16. The van der Waals surface area contributed by atoms with E-state index in [0.29, 0.717) is 24.5 Å². The van der Waals surface area contributed by atoms with Crippen molar-refractivity contribution in [2.24, 2.45) is 0 Å². The summed E-state index contributed by atoms with van der Waals surface area (Å²) in [6, 6.07) is 3.74. The Labute approximate surface area is 142 Å². The summed E-state index contributed by atoms with van der Waals surface area (Å²) < 4.78 is 16.1. The van der Waals surface area contributed by atoms with E-state index in [9.17, 15) is 4.79 Å². The van der Waals surface area contributed by atoms with Crippen molar-refractivity contribution in [3.63, 3.8) is 0 Å². The van der Waals surface area contributed by atoms with E-state index in [2.05, 4.69) is 9.88 Å². The van der Waals surface area contributed by atoms with Gasteiger partial charge in [0.2, 0.25) is 5.88 Å². The van der Waals surface area contributed by atoms with Gasteiger partial charge in [-0.05, 0) is 12.5 Å². The third kappa shape index (κ3) is 3.68. The van der Waals surface area contributed by atoms with Gasteiger partial charge in [0.05, 0.1) is 31.4 Å². The third-order valence-electron chi connectivity index (χ3n) is 4.69. The zero-order valence-corrected chi connectivity index (χ0v) is 14.3. The number of aromatic nitrogens is 1. The molecule has 0 saturated carbocycles. The molecule has 2 fully saturated rings. The number of nitrogens with zero attached hydrogens (tertiary/aromatic N) is 3. The molecule has 0 unspecified atom stereocenters. The standard InChI is InChI=1S/C17H25N3O4/c1-22-8-3-6-19-7-9-24-15-12-20(11-14(15)19)17(21)13-4-5-16(23-2)18-10-13/h4-5,10,14-15H,3,6-9,11-12H2,1-2H3/t14-,15-/m0/s1. The van der Waals surface area contributed by atoms with E-state index in [4.69, 9.17) is 14.2 Å². The Bertz CT molecular complexity index is 551. The highest BCUT2D eigenvalue weighted by Crippen LogP contribution is 2.24. The summed E-state index contributed by atoms with van der Waals surface area (Å²) in [6.45, 7) is 4.70. The Hall–Kier alpha value is -1.70. The maximum absolute atomic E-state index is 12.7. The van der Waals surface area contributed by atoms with Crippen molar-refractivity contribution in [1.29, 1.82) is 0 Å². The van der Waals surface area contributed by atoms with E-state index in [-0.39, 0.29) is 18.1 Å². The zero-order chi connectivity index (χ0) is 16.9. The molecule has 1 amide bonds. The number of carbonyl (C=O) groups is 1. The Kier molecular flexibility index (Phi) is 5.65. The molecule has 0 bridgehead atoms. The molecular formula is C17H25N3O4. The van der Waals surface area contributed by atoms with Gasteiger partial charge in [-0.2, -0.15) is 0 Å². The number of hydrogen-bond donors (Lipinski definition) is 0. The van der Waals surface area contributed by atoms with Crippen LogP contribution in [0.3, 0.4) is 0 Å². The molecule has 2 saturated heterocycles. The van der Waals surface area contributed by atoms with Gasteiger partial charge in [0, 0.05) is 52.2 Å². The van der Waals surface area contributed by atoms with Crippen molar-refractivity contribution in [2.75, 3.05) is 53.6 Å². The van der Waals surface area contributed by atoms with Crippen LogP contribution in [-0.4, -0.2) is 86.4 Å². The maximum atomic E-state index is 12.7. The van der Waals surface area contributed by atoms with E-state index in [1.807, 2.05) is 4.90 Å². The number of methoxy groups -OCH3 is 2. The zero-order valence-electron chi connectivity index (χ0n) is 14.3. The van der Waals surface area contributed by atoms with Gasteiger partial charge in [-0.1, -0.05) is 0 Å². The average Bonchev–Trinajstić information content (AvgIpc) is 3.06. The molecule has 1 aromatic heterocycles. The van der Waals surface area contributed by atoms with Crippen LogP contribution in [0.5, 0.6) is 5.88 Å². The molecule has 2 atom stereocenters. The largest absolute Gasteiger partial charge is 0.481 e. The molecule has 1 aromatic rings. The summed E-state index contributed by atoms with van der Waals surface area (Å²) in [5.74, 6) is 0.509. The van der Waals surface area contributed by atoms with Gasteiger partial charge >= 0.3 is 0 Å². The summed E-state index contributed by atoms with van der Waals surface area (Å²) in [4.78, 5) is 21.1. The van der Waals surface area contributed by atoms with Crippen molar-refractivity contribution in [3.05, 3.63) is 23.9 Å². The second kappa shape index (κ2) is 7.92. The number of morpholine rings is 1. The van der Waals surface area contributed by atoms with Crippen molar-refractivity contribution in [2.45, 2.75) is 18.6 Å². The molecule has 7 nitrogen and oxygen atoms in total. The van der Waals surface area contributed by atoms with Crippen LogP contribution in [0.15, 0.2) is 18.3 Å². The van der Waals surface area contributed by atoms with Gasteiger partial charge < -0.3 is 19.1 Å². The monoisotopic (exact) mass is 335 g/mol. The van der Waals surface area contributed by atoms with Crippen LogP contribution < -0.4 is 4.74 Å². The van der Waals surface area contributed by atoms with E-state index >= 15 is 0 Å². The molecule has 0 radical (unpaired) electrons. The van der Waals surface area contributed by atoms with Crippen LogP contribution in [0.4, 0.5) is 0 Å². The van der Waals surface area contributed by atoms with Gasteiger partial charge in [-0.3, -0.25) is 9.69 Å². The minimum atomic E-state index is -0.00000501. The van der Waals surface area contributed by atoms with Gasteiger partial charge in [-0.25, -0.2) is 4.98 Å². The number of rotatable bonds is 6. The molecule has 0 aliphatic carbocycles. The molecule has 0 N–H and O–H groups in total. The minimum absolute atomic E-state index is 0.00000501. The summed E-state index contributed by atoms with van der Waals surface area (Å²) in [6.07, 6.45) is 2.66. The SMILES string of the molecule is COCCCN1CCO[C@H]2CN(C(=O)c3ccc(OC)nc3)C[C@@H]21. The minimum Gasteiger partial charge on any atom is -0.481 e. The number of hydrogen-bond acceptors (Lipinski definition) is 6. The molecule has 0 spiro atoms. The average molecular weight is 335 g/mol. The summed E-state index contributed by atoms with van der Waals surface area (Å²) in [5.41, 5.74) is 0.584. The Morgan fingerprint density at radius 2 is 2.25 bits per heavy atom. The predicted octanol–water partition coefficient (Wildman–Crippen LogP) is 0.652. The number of likely N-dealkylation sites (tertiary alicyclic amines) is 1. The fraction of sp³-hybridized carbons (Fsp3) is 0.647. The first-order valence-electron chi connectivity index (χ1n) is 8.37. The summed E-state index contributed by atoms with van der Waals surface area (Å²) >= 11 is 0. The fourth-order valence-electron chi connectivity index (χ4n) is 3.42. The molecule has 0 aromatic carbocycles. The first-order chi connectivity index (χ1) is 11.7. The first kappa shape index (κ1) is 17.1. The lowest BCUT2D eigenvalue weighted by molar-refractivity contribution is -0.0487. The van der Waals surface area contributed by atoms with Crippen LogP contribution in [0, 0.1) is 0 Å². The number of carbonyl (C=O) groups excluding carboxylic acids is 1. The highest BCUT2D eigenvalue weighted by Gasteiger charge is 2.41. The van der Waals surface area contributed by atoms with E-state index in [1.165, 1.54) is 0 Å². The molecule has 2 aliphatic rings. The third-order valence-corrected chi connectivity index (χ3v) is 4.69. The van der Waals surface area contributed by atoms with Gasteiger partial charge in [-0.15, -0.1) is 0 Å². The normalized spacial score (nSPS) is 24.0. The smallest absolute Gasteiger partial charge is 0.255 e. The molecule has 7 heteroatoms. The van der Waals surface area contributed by atoms with E-state index in [1.54, 1.807) is 32.5 Å². The lowest BCUT2D eigenvalue weighted by Crippen LogP contribution is -2.51. The predicted molar refractivity (Wildman–Crippen MR) is 88.3 cm³/mol. The number of pyridine rings is 1. The molecule has 3 rings (SSSR count). The van der Waals surface area contributed by atoms with Crippen molar-refractivity contribution in [3.8, 4) is 5.88 Å². The Morgan fingerprint density at radius 3 is 2.96 bits per heavy atom. The van der Waals surface area contributed by atoms with Crippen molar-refractivity contribution in [1.82, 2.24) is 14.8 Å². The van der Waals surface area contributed by atoms with Crippen LogP contribution in [0.2, 0.25) is 0 Å². The van der Waals surface area contributed by atoms with Crippen molar-refractivity contribution >= 4 is 5.91 Å². The van der Waals surface area contributed by atoms with Gasteiger partial charge in [0.25, 0.3) is 5.91 Å². The van der Waals surface area contributed by atoms with E-state index < -0.39 is 0 Å².